The molecule has 122 valence electrons. The van der Waals surface area contributed by atoms with Crippen molar-refractivity contribution in [2.75, 3.05) is 44.7 Å². The molecule has 0 atom stereocenters. The van der Waals surface area contributed by atoms with Gasteiger partial charge in [-0.2, -0.15) is 13.2 Å². The van der Waals surface area contributed by atoms with Gasteiger partial charge in [-0.05, 0) is 25.2 Å². The van der Waals surface area contributed by atoms with Crippen molar-refractivity contribution in [1.29, 1.82) is 0 Å². The van der Waals surface area contributed by atoms with E-state index in [4.69, 9.17) is 0 Å². The van der Waals surface area contributed by atoms with Crippen molar-refractivity contribution in [3.8, 4) is 0 Å². The summed E-state index contributed by atoms with van der Waals surface area (Å²) >= 11 is 0. The largest absolute Gasteiger partial charge is 0.416 e. The third kappa shape index (κ3) is 4.13. The predicted molar refractivity (Wildman–Crippen MR) is 78.8 cm³/mol. The van der Waals surface area contributed by atoms with Gasteiger partial charge in [-0.1, -0.05) is 6.07 Å². The lowest BCUT2D eigenvalue weighted by Gasteiger charge is -2.36. The Hall–Kier alpha value is -1.76. The summed E-state index contributed by atoms with van der Waals surface area (Å²) in [5.74, 6) is 0.0815. The van der Waals surface area contributed by atoms with E-state index in [0.29, 0.717) is 44.8 Å². The van der Waals surface area contributed by atoms with Gasteiger partial charge in [0, 0.05) is 44.8 Å². The van der Waals surface area contributed by atoms with E-state index in [1.54, 1.807) is 18.0 Å². The molecule has 4 nitrogen and oxygen atoms in total. The topological polar surface area (TPSA) is 35.6 Å². The number of nitrogens with one attached hydrogen (secondary N) is 1. The van der Waals surface area contributed by atoms with Crippen LogP contribution in [0, 0.1) is 0 Å². The summed E-state index contributed by atoms with van der Waals surface area (Å²) in [5.41, 5.74) is -0.0883. The second kappa shape index (κ2) is 7.00. The molecular weight excluding hydrogens is 295 g/mol. The van der Waals surface area contributed by atoms with E-state index < -0.39 is 11.7 Å². The van der Waals surface area contributed by atoms with E-state index in [1.165, 1.54) is 12.1 Å². The molecule has 1 saturated heterocycles. The van der Waals surface area contributed by atoms with Crippen LogP contribution in [-0.4, -0.2) is 50.6 Å². The highest BCUT2D eigenvalue weighted by Crippen LogP contribution is 2.31. The fourth-order valence-corrected chi connectivity index (χ4v) is 2.48. The molecule has 0 spiro atoms. The van der Waals surface area contributed by atoms with Crippen molar-refractivity contribution >= 4 is 11.6 Å². The molecule has 1 heterocycles. The molecule has 0 radical (unpaired) electrons. The molecule has 1 aliphatic heterocycles. The van der Waals surface area contributed by atoms with Crippen LogP contribution < -0.4 is 10.2 Å². The Bertz CT molecular complexity index is 511. The van der Waals surface area contributed by atoms with Crippen LogP contribution in [0.3, 0.4) is 0 Å². The van der Waals surface area contributed by atoms with Crippen molar-refractivity contribution in [3.63, 3.8) is 0 Å². The Balaban J connectivity index is 1.96. The molecule has 1 aromatic rings. The maximum Gasteiger partial charge on any atom is 0.416 e. The van der Waals surface area contributed by atoms with E-state index >= 15 is 0 Å². The summed E-state index contributed by atoms with van der Waals surface area (Å²) in [7, 11) is 1.79. The summed E-state index contributed by atoms with van der Waals surface area (Å²) < 4.78 is 38.2. The zero-order valence-corrected chi connectivity index (χ0v) is 12.5. The number of hydrogen-bond donors (Lipinski definition) is 1. The summed E-state index contributed by atoms with van der Waals surface area (Å²) in [6.45, 7) is 2.81. The Kier molecular flexibility index (Phi) is 5.28. The van der Waals surface area contributed by atoms with E-state index in [9.17, 15) is 18.0 Å². The summed E-state index contributed by atoms with van der Waals surface area (Å²) in [5, 5.41) is 2.93. The molecule has 1 amide bonds. The zero-order valence-electron chi connectivity index (χ0n) is 12.5. The third-order valence-corrected chi connectivity index (χ3v) is 3.76. The fraction of sp³-hybridized carbons (Fsp3) is 0.533. The fourth-order valence-electron chi connectivity index (χ4n) is 2.48. The molecular formula is C15H20F3N3O. The Morgan fingerprint density at radius 3 is 2.50 bits per heavy atom. The molecule has 0 aliphatic carbocycles. The van der Waals surface area contributed by atoms with E-state index in [1.807, 2.05) is 4.90 Å². The summed E-state index contributed by atoms with van der Waals surface area (Å²) in [6.07, 6.45) is -3.89. The molecule has 0 unspecified atom stereocenters. The molecule has 1 N–H and O–H groups in total. The van der Waals surface area contributed by atoms with Crippen LogP contribution in [0.25, 0.3) is 0 Å². The number of nitrogens with zero attached hydrogens (tertiary/aromatic N) is 2. The number of halogens is 3. The van der Waals surface area contributed by atoms with Gasteiger partial charge in [0.15, 0.2) is 0 Å². The van der Waals surface area contributed by atoms with Crippen LogP contribution in [0.15, 0.2) is 24.3 Å². The van der Waals surface area contributed by atoms with Crippen LogP contribution in [0.1, 0.15) is 12.0 Å². The Morgan fingerprint density at radius 1 is 1.23 bits per heavy atom. The van der Waals surface area contributed by atoms with Gasteiger partial charge in [0.2, 0.25) is 5.91 Å². The van der Waals surface area contributed by atoms with Crippen molar-refractivity contribution in [2.45, 2.75) is 12.6 Å². The van der Waals surface area contributed by atoms with Gasteiger partial charge in [-0.15, -0.1) is 0 Å². The Labute approximate surface area is 127 Å². The lowest BCUT2D eigenvalue weighted by atomic mass is 10.1. The van der Waals surface area contributed by atoms with Gasteiger partial charge in [-0.25, -0.2) is 0 Å². The number of rotatable bonds is 4. The number of piperazine rings is 1. The smallest absolute Gasteiger partial charge is 0.368 e. The molecule has 7 heteroatoms. The van der Waals surface area contributed by atoms with Gasteiger partial charge in [0.25, 0.3) is 0 Å². The van der Waals surface area contributed by atoms with Crippen molar-refractivity contribution in [1.82, 2.24) is 10.2 Å². The first kappa shape index (κ1) is 16.6. The first-order chi connectivity index (χ1) is 10.4. The molecule has 1 aliphatic rings. The zero-order chi connectivity index (χ0) is 16.2. The van der Waals surface area contributed by atoms with E-state index in [-0.39, 0.29) is 5.91 Å². The van der Waals surface area contributed by atoms with Crippen molar-refractivity contribution in [3.05, 3.63) is 29.8 Å². The molecule has 1 aromatic carbocycles. The quantitative estimate of drug-likeness (QED) is 0.923. The summed E-state index contributed by atoms with van der Waals surface area (Å²) in [6, 6.07) is 5.33. The number of hydrogen-bond acceptors (Lipinski definition) is 3. The highest BCUT2D eigenvalue weighted by molar-refractivity contribution is 5.76. The number of amides is 1. The minimum Gasteiger partial charge on any atom is -0.368 e. The number of alkyl halides is 3. The number of carbonyl (C=O) groups excluding carboxylic acids is 1. The van der Waals surface area contributed by atoms with Gasteiger partial charge in [-0.3, -0.25) is 4.79 Å². The minimum atomic E-state index is -4.33. The predicted octanol–water partition coefficient (Wildman–Crippen LogP) is 1.96. The number of benzene rings is 1. The molecule has 0 bridgehead atoms. The second-order valence-electron chi connectivity index (χ2n) is 5.27. The first-order valence-corrected chi connectivity index (χ1v) is 7.26. The van der Waals surface area contributed by atoms with Gasteiger partial charge >= 0.3 is 6.18 Å². The van der Waals surface area contributed by atoms with Crippen molar-refractivity contribution in [2.24, 2.45) is 0 Å². The maximum absolute atomic E-state index is 12.7. The monoisotopic (exact) mass is 315 g/mol. The molecule has 0 saturated carbocycles. The van der Waals surface area contributed by atoms with Crippen LogP contribution in [0.4, 0.5) is 18.9 Å². The number of anilines is 1. The minimum absolute atomic E-state index is 0.0815. The number of carbonyl (C=O) groups is 1. The van der Waals surface area contributed by atoms with Crippen LogP contribution in [-0.2, 0) is 11.0 Å². The lowest BCUT2D eigenvalue weighted by molar-refractivity contribution is -0.137. The van der Waals surface area contributed by atoms with E-state index in [2.05, 4.69) is 5.32 Å². The molecule has 2 rings (SSSR count). The summed E-state index contributed by atoms with van der Waals surface area (Å²) in [4.78, 5) is 15.6. The Morgan fingerprint density at radius 2 is 1.91 bits per heavy atom. The molecule has 1 fully saturated rings. The van der Waals surface area contributed by atoms with Crippen molar-refractivity contribution < 1.29 is 18.0 Å². The van der Waals surface area contributed by atoms with Gasteiger partial charge in [0.05, 0.1) is 5.56 Å². The van der Waals surface area contributed by atoms with E-state index in [0.717, 1.165) is 6.07 Å². The average Bonchev–Trinajstić information content (AvgIpc) is 2.52. The normalized spacial score (nSPS) is 16.0. The van der Waals surface area contributed by atoms with Gasteiger partial charge in [0.1, 0.15) is 0 Å². The SMILES string of the molecule is CNCCC(=O)N1CCN(c2cccc(C(F)(F)F)c2)CC1. The van der Waals surface area contributed by atoms with Crippen LogP contribution >= 0.6 is 0 Å². The van der Waals surface area contributed by atoms with Crippen LogP contribution in [0.2, 0.25) is 0 Å². The first-order valence-electron chi connectivity index (χ1n) is 7.26. The second-order valence-corrected chi connectivity index (χ2v) is 5.27. The molecule has 0 aromatic heterocycles. The standard InChI is InChI=1S/C15H20F3N3O/c1-19-6-5-14(22)21-9-7-20(8-10-21)13-4-2-3-12(11-13)15(16,17)18/h2-4,11,19H,5-10H2,1H3. The maximum atomic E-state index is 12.7. The molecule has 22 heavy (non-hydrogen) atoms. The highest BCUT2D eigenvalue weighted by Gasteiger charge is 2.31. The van der Waals surface area contributed by atoms with Gasteiger partial charge < -0.3 is 15.1 Å². The third-order valence-electron chi connectivity index (χ3n) is 3.76. The average molecular weight is 315 g/mol. The van der Waals surface area contributed by atoms with Crippen LogP contribution in [0.5, 0.6) is 0 Å². The lowest BCUT2D eigenvalue weighted by Crippen LogP contribution is -2.49. The highest BCUT2D eigenvalue weighted by atomic mass is 19.4.